The molecule has 25 heavy (non-hydrogen) atoms. The SMILES string of the molecule is CCCCCOC(=O)CCCCCCCCC(=O)Oc1ccccc1. The van der Waals surface area contributed by atoms with Crippen LogP contribution in [-0.4, -0.2) is 18.5 Å². The van der Waals surface area contributed by atoms with Crippen LogP contribution in [0.25, 0.3) is 0 Å². The Morgan fingerprint density at radius 2 is 1.36 bits per heavy atom. The van der Waals surface area contributed by atoms with Crippen molar-refractivity contribution in [3.63, 3.8) is 0 Å². The van der Waals surface area contributed by atoms with E-state index in [1.165, 1.54) is 0 Å². The van der Waals surface area contributed by atoms with Gasteiger partial charge in [-0.1, -0.05) is 63.6 Å². The van der Waals surface area contributed by atoms with Crippen molar-refractivity contribution in [3.8, 4) is 5.75 Å². The summed E-state index contributed by atoms with van der Waals surface area (Å²) < 4.78 is 10.4. The van der Waals surface area contributed by atoms with E-state index in [4.69, 9.17) is 9.47 Å². The Morgan fingerprint density at radius 3 is 2.00 bits per heavy atom. The van der Waals surface area contributed by atoms with Gasteiger partial charge in [0.2, 0.25) is 0 Å². The fraction of sp³-hybridized carbons (Fsp3) is 0.619. The zero-order valence-corrected chi connectivity index (χ0v) is 15.5. The predicted molar refractivity (Wildman–Crippen MR) is 99.5 cm³/mol. The highest BCUT2D eigenvalue weighted by Gasteiger charge is 2.05. The highest BCUT2D eigenvalue weighted by atomic mass is 16.5. The molecule has 0 radical (unpaired) electrons. The molecule has 1 rings (SSSR count). The first-order chi connectivity index (χ1) is 12.2. The average Bonchev–Trinajstić information content (AvgIpc) is 2.62. The lowest BCUT2D eigenvalue weighted by atomic mass is 10.1. The van der Waals surface area contributed by atoms with E-state index in [-0.39, 0.29) is 11.9 Å². The van der Waals surface area contributed by atoms with Crippen molar-refractivity contribution in [1.82, 2.24) is 0 Å². The average molecular weight is 348 g/mol. The van der Waals surface area contributed by atoms with E-state index < -0.39 is 0 Å². The van der Waals surface area contributed by atoms with Crippen molar-refractivity contribution < 1.29 is 19.1 Å². The van der Waals surface area contributed by atoms with E-state index in [0.717, 1.165) is 57.8 Å². The number of hydrogen-bond acceptors (Lipinski definition) is 4. The Kier molecular flexibility index (Phi) is 12.3. The van der Waals surface area contributed by atoms with Gasteiger partial charge in [0.25, 0.3) is 0 Å². The first kappa shape index (κ1) is 21.2. The number of benzene rings is 1. The summed E-state index contributed by atoms with van der Waals surface area (Å²) in [4.78, 5) is 23.2. The minimum Gasteiger partial charge on any atom is -0.466 e. The standard InChI is InChI=1S/C21H32O4/c1-2-3-13-18-24-20(22)16-11-6-4-5-7-12-17-21(23)25-19-14-9-8-10-15-19/h8-10,14-15H,2-7,11-13,16-18H2,1H3. The van der Waals surface area contributed by atoms with Gasteiger partial charge < -0.3 is 9.47 Å². The molecule has 0 saturated carbocycles. The van der Waals surface area contributed by atoms with Crippen molar-refractivity contribution >= 4 is 11.9 Å². The van der Waals surface area contributed by atoms with E-state index >= 15 is 0 Å². The quantitative estimate of drug-likeness (QED) is 0.255. The molecule has 1 aromatic rings. The van der Waals surface area contributed by atoms with Crippen LogP contribution in [0.1, 0.15) is 77.6 Å². The molecule has 0 heterocycles. The van der Waals surface area contributed by atoms with Gasteiger partial charge in [-0.25, -0.2) is 0 Å². The lowest BCUT2D eigenvalue weighted by Gasteiger charge is -2.05. The fourth-order valence-corrected chi connectivity index (χ4v) is 2.53. The largest absolute Gasteiger partial charge is 0.466 e. The second-order valence-corrected chi connectivity index (χ2v) is 6.34. The van der Waals surface area contributed by atoms with Crippen molar-refractivity contribution in [3.05, 3.63) is 30.3 Å². The molecule has 0 aliphatic rings. The van der Waals surface area contributed by atoms with E-state index in [0.29, 0.717) is 25.2 Å². The number of carbonyl (C=O) groups is 2. The van der Waals surface area contributed by atoms with Crippen LogP contribution >= 0.6 is 0 Å². The lowest BCUT2D eigenvalue weighted by Crippen LogP contribution is -2.07. The summed E-state index contributed by atoms with van der Waals surface area (Å²) in [5.74, 6) is 0.367. The van der Waals surface area contributed by atoms with E-state index in [1.807, 2.05) is 18.2 Å². The molecular weight excluding hydrogens is 316 g/mol. The Hall–Kier alpha value is -1.84. The maximum Gasteiger partial charge on any atom is 0.311 e. The first-order valence-electron chi connectivity index (χ1n) is 9.63. The smallest absolute Gasteiger partial charge is 0.311 e. The monoisotopic (exact) mass is 348 g/mol. The molecule has 0 unspecified atom stereocenters. The molecule has 0 aliphatic heterocycles. The van der Waals surface area contributed by atoms with Gasteiger partial charge in [0.05, 0.1) is 6.61 Å². The molecule has 0 saturated heterocycles. The van der Waals surface area contributed by atoms with Crippen LogP contribution in [-0.2, 0) is 14.3 Å². The molecule has 140 valence electrons. The lowest BCUT2D eigenvalue weighted by molar-refractivity contribution is -0.144. The Morgan fingerprint density at radius 1 is 0.760 bits per heavy atom. The second kappa shape index (κ2) is 14.5. The maximum absolute atomic E-state index is 11.7. The van der Waals surface area contributed by atoms with E-state index in [9.17, 15) is 9.59 Å². The Labute approximate surface area is 151 Å². The van der Waals surface area contributed by atoms with Crippen LogP contribution in [0.5, 0.6) is 5.75 Å². The summed E-state index contributed by atoms with van der Waals surface area (Å²) in [5, 5.41) is 0. The summed E-state index contributed by atoms with van der Waals surface area (Å²) in [5.41, 5.74) is 0. The van der Waals surface area contributed by atoms with Crippen molar-refractivity contribution in [1.29, 1.82) is 0 Å². The molecule has 0 bridgehead atoms. The molecule has 0 aliphatic carbocycles. The third-order valence-corrected chi connectivity index (χ3v) is 4.00. The summed E-state index contributed by atoms with van der Waals surface area (Å²) in [7, 11) is 0. The maximum atomic E-state index is 11.7. The van der Waals surface area contributed by atoms with Crippen LogP contribution < -0.4 is 4.74 Å². The number of ether oxygens (including phenoxy) is 2. The summed E-state index contributed by atoms with van der Waals surface area (Å²) >= 11 is 0. The molecule has 0 aromatic heterocycles. The fourth-order valence-electron chi connectivity index (χ4n) is 2.53. The van der Waals surface area contributed by atoms with Gasteiger partial charge >= 0.3 is 11.9 Å². The molecule has 0 amide bonds. The third kappa shape index (κ3) is 12.2. The molecule has 0 spiro atoms. The van der Waals surface area contributed by atoms with Crippen LogP contribution in [0, 0.1) is 0 Å². The van der Waals surface area contributed by atoms with Crippen molar-refractivity contribution in [2.24, 2.45) is 0 Å². The van der Waals surface area contributed by atoms with Crippen LogP contribution in [0.15, 0.2) is 30.3 Å². The van der Waals surface area contributed by atoms with Crippen molar-refractivity contribution in [2.75, 3.05) is 6.61 Å². The number of esters is 2. The molecule has 4 nitrogen and oxygen atoms in total. The number of unbranched alkanes of at least 4 members (excludes halogenated alkanes) is 7. The van der Waals surface area contributed by atoms with Gasteiger partial charge in [0, 0.05) is 12.8 Å². The van der Waals surface area contributed by atoms with Gasteiger partial charge in [0.1, 0.15) is 5.75 Å². The minimum atomic E-state index is -0.169. The predicted octanol–water partition coefficient (Wildman–Crippen LogP) is 5.45. The van der Waals surface area contributed by atoms with Gasteiger partial charge in [-0.2, -0.15) is 0 Å². The topological polar surface area (TPSA) is 52.6 Å². The van der Waals surface area contributed by atoms with E-state index in [1.54, 1.807) is 12.1 Å². The molecule has 1 aromatic carbocycles. The van der Waals surface area contributed by atoms with Gasteiger partial charge in [-0.3, -0.25) is 9.59 Å². The van der Waals surface area contributed by atoms with Gasteiger partial charge in [-0.15, -0.1) is 0 Å². The van der Waals surface area contributed by atoms with Gasteiger partial charge in [-0.05, 0) is 31.4 Å². The number of rotatable bonds is 14. The highest BCUT2D eigenvalue weighted by molar-refractivity contribution is 5.72. The first-order valence-corrected chi connectivity index (χ1v) is 9.63. The van der Waals surface area contributed by atoms with Crippen LogP contribution in [0.3, 0.4) is 0 Å². The molecule has 0 atom stereocenters. The molecular formula is C21H32O4. The summed E-state index contributed by atoms with van der Waals surface area (Å²) in [6.45, 7) is 2.69. The molecule has 0 fully saturated rings. The zero-order valence-electron chi connectivity index (χ0n) is 15.5. The van der Waals surface area contributed by atoms with Crippen LogP contribution in [0.2, 0.25) is 0 Å². The third-order valence-electron chi connectivity index (χ3n) is 4.00. The van der Waals surface area contributed by atoms with Gasteiger partial charge in [0.15, 0.2) is 0 Å². The highest BCUT2D eigenvalue weighted by Crippen LogP contribution is 2.12. The zero-order chi connectivity index (χ0) is 18.2. The van der Waals surface area contributed by atoms with E-state index in [2.05, 4.69) is 6.92 Å². The second-order valence-electron chi connectivity index (χ2n) is 6.34. The summed E-state index contributed by atoms with van der Waals surface area (Å²) in [6, 6.07) is 9.16. The molecule has 0 N–H and O–H groups in total. The van der Waals surface area contributed by atoms with Crippen molar-refractivity contribution in [2.45, 2.75) is 77.6 Å². The normalized spacial score (nSPS) is 10.4. The number of hydrogen-bond donors (Lipinski definition) is 0. The molecule has 4 heteroatoms. The number of para-hydroxylation sites is 1. The Bertz CT molecular complexity index is 470. The summed E-state index contributed by atoms with van der Waals surface area (Å²) in [6.07, 6.45) is 10.2. The number of carbonyl (C=O) groups excluding carboxylic acids is 2. The Balaban J connectivity index is 1.88. The van der Waals surface area contributed by atoms with Crippen LogP contribution in [0.4, 0.5) is 0 Å². The minimum absolute atomic E-state index is 0.0697.